The number of nitrogens with one attached hydrogen (secondary N) is 1. The number of hydrogen-bond donors (Lipinski definition) is 2. The van der Waals surface area contributed by atoms with E-state index < -0.39 is 17.9 Å². The fourth-order valence-electron chi connectivity index (χ4n) is 0.801. The van der Waals surface area contributed by atoms with Gasteiger partial charge in [-0.25, -0.2) is 0 Å². The second-order valence-electron chi connectivity index (χ2n) is 2.71. The summed E-state index contributed by atoms with van der Waals surface area (Å²) in [5, 5.41) is 2.42. The van der Waals surface area contributed by atoms with Gasteiger partial charge in [-0.2, -0.15) is 0 Å². The maximum absolute atomic E-state index is 11.4. The van der Waals surface area contributed by atoms with Crippen LogP contribution in [0.2, 0.25) is 0 Å². The van der Waals surface area contributed by atoms with Crippen LogP contribution in [-0.4, -0.2) is 17.9 Å². The van der Waals surface area contributed by atoms with Gasteiger partial charge in [0.15, 0.2) is 4.67 Å². The zero-order valence-corrected chi connectivity index (χ0v) is 9.00. The predicted octanol–water partition coefficient (Wildman–Crippen LogP) is 0.646. The van der Waals surface area contributed by atoms with Gasteiger partial charge in [0.2, 0.25) is 5.91 Å². The Morgan fingerprint density at radius 2 is 2.29 bits per heavy atom. The second-order valence-corrected chi connectivity index (χ2v) is 3.43. The fourth-order valence-corrected chi connectivity index (χ4v) is 1.22. The number of carbonyl (C=O) groups is 2. The zero-order valence-electron chi connectivity index (χ0n) is 7.41. The van der Waals surface area contributed by atoms with Gasteiger partial charge >= 0.3 is 0 Å². The molecular weight excluding hydrogens is 252 g/mol. The molecule has 0 spiro atoms. The molecule has 0 saturated carbocycles. The van der Waals surface area contributed by atoms with Crippen molar-refractivity contribution >= 4 is 27.7 Å². The maximum atomic E-state index is 11.4. The van der Waals surface area contributed by atoms with E-state index in [2.05, 4.69) is 21.2 Å². The number of nitrogens with two attached hydrogens (primary N) is 1. The van der Waals surface area contributed by atoms with Gasteiger partial charge in [0.05, 0.1) is 11.8 Å². The lowest BCUT2D eigenvalue weighted by Gasteiger charge is -2.08. The molecule has 0 aromatic carbocycles. The molecule has 0 unspecified atom stereocenters. The summed E-state index contributed by atoms with van der Waals surface area (Å²) in [5.41, 5.74) is 5.32. The number of hydrogen-bond acceptors (Lipinski definition) is 3. The van der Waals surface area contributed by atoms with Crippen molar-refractivity contribution in [3.63, 3.8) is 0 Å². The van der Waals surface area contributed by atoms with Crippen molar-refractivity contribution < 1.29 is 14.0 Å². The first-order valence-corrected chi connectivity index (χ1v) is 4.65. The summed E-state index contributed by atoms with van der Waals surface area (Å²) in [6.45, 7) is 1.51. The number of primary amides is 1. The van der Waals surface area contributed by atoms with Gasteiger partial charge in [-0.3, -0.25) is 9.59 Å². The van der Waals surface area contributed by atoms with Crippen molar-refractivity contribution in [2.75, 3.05) is 0 Å². The summed E-state index contributed by atoms with van der Waals surface area (Å²) < 4.78 is 5.19. The third-order valence-electron chi connectivity index (χ3n) is 1.64. The third-order valence-corrected chi connectivity index (χ3v) is 2.25. The predicted molar refractivity (Wildman–Crippen MR) is 52.5 cm³/mol. The zero-order chi connectivity index (χ0) is 10.7. The van der Waals surface area contributed by atoms with Gasteiger partial charge in [0.25, 0.3) is 5.91 Å². The van der Waals surface area contributed by atoms with Crippen LogP contribution in [-0.2, 0) is 4.79 Å². The molecule has 0 aliphatic rings. The molecule has 5 nitrogen and oxygen atoms in total. The lowest BCUT2D eigenvalue weighted by molar-refractivity contribution is -0.119. The summed E-state index contributed by atoms with van der Waals surface area (Å²) in [4.78, 5) is 22.1. The van der Waals surface area contributed by atoms with Gasteiger partial charge in [0, 0.05) is 0 Å². The molecule has 3 N–H and O–H groups in total. The molecule has 1 rings (SSSR count). The highest BCUT2D eigenvalue weighted by Crippen LogP contribution is 2.17. The van der Waals surface area contributed by atoms with Crippen molar-refractivity contribution in [2.24, 2.45) is 5.73 Å². The van der Waals surface area contributed by atoms with Gasteiger partial charge in [0.1, 0.15) is 6.04 Å². The Hall–Kier alpha value is -1.30. The van der Waals surface area contributed by atoms with Crippen LogP contribution in [0.1, 0.15) is 17.3 Å². The number of amides is 2. The normalized spacial score (nSPS) is 12.1. The van der Waals surface area contributed by atoms with Gasteiger partial charge in [-0.15, -0.1) is 0 Å². The number of furan rings is 1. The van der Waals surface area contributed by atoms with E-state index in [-0.39, 0.29) is 0 Å². The highest BCUT2D eigenvalue weighted by Gasteiger charge is 2.17. The molecule has 14 heavy (non-hydrogen) atoms. The van der Waals surface area contributed by atoms with Gasteiger partial charge in [-0.05, 0) is 28.9 Å². The van der Waals surface area contributed by atoms with Crippen LogP contribution in [0.4, 0.5) is 0 Å². The third kappa shape index (κ3) is 2.35. The van der Waals surface area contributed by atoms with E-state index in [9.17, 15) is 9.59 Å². The van der Waals surface area contributed by atoms with Crippen LogP contribution < -0.4 is 11.1 Å². The minimum atomic E-state index is -0.704. The highest BCUT2D eigenvalue weighted by molar-refractivity contribution is 9.10. The van der Waals surface area contributed by atoms with E-state index in [4.69, 9.17) is 10.2 Å². The van der Waals surface area contributed by atoms with Gasteiger partial charge < -0.3 is 15.5 Å². The van der Waals surface area contributed by atoms with Crippen LogP contribution in [0.5, 0.6) is 0 Å². The summed E-state index contributed by atoms with van der Waals surface area (Å²) >= 11 is 3.05. The first kappa shape index (κ1) is 10.8. The van der Waals surface area contributed by atoms with E-state index in [0.29, 0.717) is 10.2 Å². The minimum absolute atomic E-state index is 0.326. The molecule has 76 valence electrons. The highest BCUT2D eigenvalue weighted by atomic mass is 79.9. The van der Waals surface area contributed by atoms with Crippen LogP contribution in [0.15, 0.2) is 21.4 Å². The lowest BCUT2D eigenvalue weighted by Crippen LogP contribution is -2.42. The Morgan fingerprint density at radius 3 is 2.71 bits per heavy atom. The summed E-state index contributed by atoms with van der Waals surface area (Å²) in [6, 6.07) is 0.789. The smallest absolute Gasteiger partial charge is 0.256 e. The average Bonchev–Trinajstić information content (AvgIpc) is 2.51. The van der Waals surface area contributed by atoms with Gasteiger partial charge in [-0.1, -0.05) is 0 Å². The van der Waals surface area contributed by atoms with Crippen molar-refractivity contribution in [1.29, 1.82) is 0 Å². The molecule has 1 atom stereocenters. The SMILES string of the molecule is C[C@@H](NC(=O)c1ccoc1Br)C(N)=O. The molecule has 0 aliphatic heterocycles. The molecule has 1 aromatic heterocycles. The van der Waals surface area contributed by atoms with Crippen LogP contribution in [0.25, 0.3) is 0 Å². The van der Waals surface area contributed by atoms with Crippen molar-refractivity contribution in [3.05, 3.63) is 22.6 Å². The molecule has 6 heteroatoms. The standard InChI is InChI=1S/C8H9BrN2O3/c1-4(7(10)12)11-8(13)5-2-3-14-6(5)9/h2-4H,1H3,(H2,10,12)(H,11,13)/t4-/m1/s1. The quantitative estimate of drug-likeness (QED) is 0.837. The Balaban J connectivity index is 2.69. The van der Waals surface area contributed by atoms with E-state index in [1.165, 1.54) is 19.3 Å². The molecule has 1 heterocycles. The Bertz CT molecular complexity index is 361. The summed E-state index contributed by atoms with van der Waals surface area (Å²) in [6.07, 6.45) is 1.37. The van der Waals surface area contributed by atoms with E-state index in [1.54, 1.807) is 0 Å². The molecule has 0 bridgehead atoms. The molecule has 0 saturated heterocycles. The second kappa shape index (κ2) is 4.28. The monoisotopic (exact) mass is 260 g/mol. The number of carbonyl (C=O) groups excluding carboxylic acids is 2. The Labute approximate surface area is 88.8 Å². The summed E-state index contributed by atoms with van der Waals surface area (Å²) in [7, 11) is 0. The van der Waals surface area contributed by atoms with Crippen LogP contribution >= 0.6 is 15.9 Å². The minimum Gasteiger partial charge on any atom is -0.457 e. The fraction of sp³-hybridized carbons (Fsp3) is 0.250. The largest absolute Gasteiger partial charge is 0.457 e. The average molecular weight is 261 g/mol. The first-order valence-electron chi connectivity index (χ1n) is 3.85. The van der Waals surface area contributed by atoms with E-state index >= 15 is 0 Å². The molecule has 0 fully saturated rings. The molecule has 0 aliphatic carbocycles. The van der Waals surface area contributed by atoms with E-state index in [1.807, 2.05) is 0 Å². The maximum Gasteiger partial charge on any atom is 0.256 e. The molecular formula is C8H9BrN2O3. The van der Waals surface area contributed by atoms with Crippen LogP contribution in [0.3, 0.4) is 0 Å². The first-order chi connectivity index (χ1) is 6.52. The van der Waals surface area contributed by atoms with E-state index in [0.717, 1.165) is 0 Å². The molecule has 2 amide bonds. The van der Waals surface area contributed by atoms with Crippen molar-refractivity contribution in [3.8, 4) is 0 Å². The Morgan fingerprint density at radius 1 is 1.64 bits per heavy atom. The molecule has 0 radical (unpaired) electrons. The summed E-state index contributed by atoms with van der Waals surface area (Å²) in [5.74, 6) is -0.991. The molecule has 1 aromatic rings. The number of rotatable bonds is 3. The Kier molecular flexibility index (Phi) is 3.29. The number of halogens is 1. The van der Waals surface area contributed by atoms with Crippen LogP contribution in [0, 0.1) is 0 Å². The lowest BCUT2D eigenvalue weighted by atomic mass is 10.2. The topological polar surface area (TPSA) is 85.3 Å². The van der Waals surface area contributed by atoms with Crippen molar-refractivity contribution in [1.82, 2.24) is 5.32 Å². The van der Waals surface area contributed by atoms with Crippen molar-refractivity contribution in [2.45, 2.75) is 13.0 Å².